The van der Waals surface area contributed by atoms with E-state index in [1.165, 1.54) is 23.4 Å². The fraction of sp³-hybridized carbons (Fsp3) is 0.316. The minimum atomic E-state index is -0.312. The van der Waals surface area contributed by atoms with Crippen LogP contribution in [-0.2, 0) is 0 Å². The van der Waals surface area contributed by atoms with Crippen molar-refractivity contribution in [2.24, 2.45) is 0 Å². The fourth-order valence-corrected chi connectivity index (χ4v) is 3.07. The number of hydrogen-bond donors (Lipinski definition) is 1. The van der Waals surface area contributed by atoms with Crippen molar-refractivity contribution >= 4 is 17.4 Å². The molecule has 4 nitrogen and oxygen atoms in total. The van der Waals surface area contributed by atoms with Crippen molar-refractivity contribution in [1.82, 2.24) is 4.90 Å². The molecule has 1 unspecified atom stereocenters. The molecule has 0 radical (unpaired) electrons. The number of amides is 2. The van der Waals surface area contributed by atoms with E-state index < -0.39 is 0 Å². The van der Waals surface area contributed by atoms with E-state index in [1.807, 2.05) is 0 Å². The van der Waals surface area contributed by atoms with Gasteiger partial charge in [0.15, 0.2) is 0 Å². The van der Waals surface area contributed by atoms with E-state index in [0.29, 0.717) is 18.8 Å². The maximum absolute atomic E-state index is 12.9. The highest BCUT2D eigenvalue weighted by Crippen LogP contribution is 2.22. The Hall–Kier alpha value is -2.56. The number of piperazine rings is 1. The van der Waals surface area contributed by atoms with Gasteiger partial charge in [-0.3, -0.25) is 0 Å². The van der Waals surface area contributed by atoms with Gasteiger partial charge in [-0.25, -0.2) is 9.18 Å². The fourth-order valence-electron chi connectivity index (χ4n) is 3.07. The minimum Gasteiger partial charge on any atom is -0.365 e. The van der Waals surface area contributed by atoms with E-state index in [0.717, 1.165) is 6.54 Å². The lowest BCUT2D eigenvalue weighted by molar-refractivity contribution is 0.200. The molecule has 2 aromatic rings. The summed E-state index contributed by atoms with van der Waals surface area (Å²) < 4.78 is 12.9. The third-order valence-electron chi connectivity index (χ3n) is 4.34. The Labute approximate surface area is 141 Å². The molecule has 2 aromatic carbocycles. The summed E-state index contributed by atoms with van der Waals surface area (Å²) in [6.07, 6.45) is 0. The molecule has 0 aromatic heterocycles. The van der Waals surface area contributed by atoms with Crippen molar-refractivity contribution in [2.45, 2.75) is 19.9 Å². The third-order valence-corrected chi connectivity index (χ3v) is 4.34. The zero-order valence-electron chi connectivity index (χ0n) is 14.0. The minimum absolute atomic E-state index is 0.141. The number of rotatable bonds is 2. The number of hydrogen-bond acceptors (Lipinski definition) is 2. The lowest BCUT2D eigenvalue weighted by Crippen LogP contribution is -2.54. The Morgan fingerprint density at radius 1 is 1.17 bits per heavy atom. The summed E-state index contributed by atoms with van der Waals surface area (Å²) in [5, 5.41) is 2.82. The van der Waals surface area contributed by atoms with Crippen molar-refractivity contribution in [2.75, 3.05) is 29.9 Å². The van der Waals surface area contributed by atoms with Crippen LogP contribution in [0.5, 0.6) is 0 Å². The smallest absolute Gasteiger partial charge is 0.321 e. The highest BCUT2D eigenvalue weighted by Gasteiger charge is 2.26. The van der Waals surface area contributed by atoms with Gasteiger partial charge in [-0.2, -0.15) is 0 Å². The van der Waals surface area contributed by atoms with E-state index in [4.69, 9.17) is 0 Å². The number of benzene rings is 2. The molecule has 0 spiro atoms. The lowest BCUT2D eigenvalue weighted by atomic mass is 10.1. The molecule has 0 aliphatic carbocycles. The Morgan fingerprint density at radius 2 is 1.92 bits per heavy atom. The third kappa shape index (κ3) is 3.67. The van der Waals surface area contributed by atoms with Gasteiger partial charge >= 0.3 is 6.03 Å². The van der Waals surface area contributed by atoms with Gasteiger partial charge in [0.1, 0.15) is 5.82 Å². The zero-order valence-corrected chi connectivity index (χ0v) is 14.0. The number of carbonyl (C=O) groups is 1. The number of halogens is 1. The van der Waals surface area contributed by atoms with Crippen LogP contribution in [0.2, 0.25) is 0 Å². The maximum atomic E-state index is 12.9. The largest absolute Gasteiger partial charge is 0.365 e. The summed E-state index contributed by atoms with van der Waals surface area (Å²) in [6, 6.07) is 14.3. The number of nitrogens with zero attached hydrogens (tertiary/aromatic N) is 2. The average molecular weight is 327 g/mol. The van der Waals surface area contributed by atoms with Gasteiger partial charge in [0.25, 0.3) is 0 Å². The molecular weight excluding hydrogens is 305 g/mol. The quantitative estimate of drug-likeness (QED) is 0.909. The van der Waals surface area contributed by atoms with Crippen LogP contribution in [0.1, 0.15) is 12.5 Å². The Morgan fingerprint density at radius 3 is 2.58 bits per heavy atom. The van der Waals surface area contributed by atoms with Gasteiger partial charge in [-0.15, -0.1) is 0 Å². The van der Waals surface area contributed by atoms with Crippen LogP contribution < -0.4 is 10.2 Å². The highest BCUT2D eigenvalue weighted by molar-refractivity contribution is 5.89. The van der Waals surface area contributed by atoms with Crippen molar-refractivity contribution < 1.29 is 9.18 Å². The lowest BCUT2D eigenvalue weighted by Gasteiger charge is -2.41. The number of carbonyl (C=O) groups excluding carboxylic acids is 1. The number of urea groups is 1. The van der Waals surface area contributed by atoms with E-state index in [-0.39, 0.29) is 17.9 Å². The van der Waals surface area contributed by atoms with Crippen molar-refractivity contribution in [3.8, 4) is 0 Å². The van der Waals surface area contributed by atoms with Crippen LogP contribution in [0, 0.1) is 12.7 Å². The van der Waals surface area contributed by atoms with Gasteiger partial charge < -0.3 is 15.1 Å². The number of aryl methyl sites for hydroxylation is 1. The molecule has 126 valence electrons. The first-order chi connectivity index (χ1) is 11.5. The molecule has 1 aliphatic heterocycles. The summed E-state index contributed by atoms with van der Waals surface area (Å²) in [5.41, 5.74) is 3.03. The van der Waals surface area contributed by atoms with Crippen LogP contribution in [0.4, 0.5) is 20.6 Å². The first kappa shape index (κ1) is 16.3. The molecule has 1 fully saturated rings. The summed E-state index contributed by atoms with van der Waals surface area (Å²) in [5.74, 6) is -0.312. The molecule has 3 rings (SSSR count). The first-order valence-corrected chi connectivity index (χ1v) is 8.18. The van der Waals surface area contributed by atoms with Gasteiger partial charge in [0.2, 0.25) is 0 Å². The standard InChI is InChI=1S/C19H22FN3O/c1-14-4-3-5-18(12-14)23-11-10-22(13-15(23)2)19(24)21-17-8-6-16(20)7-9-17/h3-9,12,15H,10-11,13H2,1-2H3,(H,21,24). The number of anilines is 2. The van der Waals surface area contributed by atoms with E-state index >= 15 is 0 Å². The van der Waals surface area contributed by atoms with Gasteiger partial charge in [-0.1, -0.05) is 12.1 Å². The van der Waals surface area contributed by atoms with Crippen molar-refractivity contribution in [3.05, 3.63) is 59.9 Å². The molecule has 1 N–H and O–H groups in total. The predicted octanol–water partition coefficient (Wildman–Crippen LogP) is 3.88. The molecule has 0 bridgehead atoms. The van der Waals surface area contributed by atoms with E-state index in [2.05, 4.69) is 48.3 Å². The first-order valence-electron chi connectivity index (χ1n) is 8.18. The second-order valence-electron chi connectivity index (χ2n) is 6.26. The molecule has 2 amide bonds. The predicted molar refractivity (Wildman–Crippen MR) is 95.0 cm³/mol. The SMILES string of the molecule is Cc1cccc(N2CCN(C(=O)Nc3ccc(F)cc3)CC2C)c1. The molecule has 1 atom stereocenters. The Kier molecular flexibility index (Phi) is 4.69. The second-order valence-corrected chi connectivity index (χ2v) is 6.26. The van der Waals surface area contributed by atoms with Crippen LogP contribution in [0.15, 0.2) is 48.5 Å². The topological polar surface area (TPSA) is 35.6 Å². The Balaban J connectivity index is 1.62. The van der Waals surface area contributed by atoms with Gasteiger partial charge in [0.05, 0.1) is 0 Å². The maximum Gasteiger partial charge on any atom is 0.321 e. The normalized spacial score (nSPS) is 17.7. The van der Waals surface area contributed by atoms with Gasteiger partial charge in [0, 0.05) is 37.1 Å². The summed E-state index contributed by atoms with van der Waals surface area (Å²) >= 11 is 0. The molecule has 1 aliphatic rings. The van der Waals surface area contributed by atoms with Crippen LogP contribution in [0.25, 0.3) is 0 Å². The molecule has 1 heterocycles. The summed E-state index contributed by atoms with van der Waals surface area (Å²) in [4.78, 5) is 16.5. The second kappa shape index (κ2) is 6.91. The molecular formula is C19H22FN3O. The Bertz CT molecular complexity index is 717. The van der Waals surface area contributed by atoms with E-state index in [9.17, 15) is 9.18 Å². The summed E-state index contributed by atoms with van der Waals surface area (Å²) in [6.45, 7) is 6.31. The zero-order chi connectivity index (χ0) is 17.1. The summed E-state index contributed by atoms with van der Waals surface area (Å²) in [7, 11) is 0. The van der Waals surface area contributed by atoms with Crippen molar-refractivity contribution in [1.29, 1.82) is 0 Å². The van der Waals surface area contributed by atoms with Gasteiger partial charge in [-0.05, 0) is 55.8 Å². The van der Waals surface area contributed by atoms with Crippen LogP contribution in [-0.4, -0.2) is 36.6 Å². The molecule has 1 saturated heterocycles. The monoisotopic (exact) mass is 327 g/mol. The van der Waals surface area contributed by atoms with Crippen LogP contribution in [0.3, 0.4) is 0 Å². The van der Waals surface area contributed by atoms with Crippen molar-refractivity contribution in [3.63, 3.8) is 0 Å². The molecule has 24 heavy (non-hydrogen) atoms. The molecule has 0 saturated carbocycles. The van der Waals surface area contributed by atoms with E-state index in [1.54, 1.807) is 17.0 Å². The molecule has 5 heteroatoms. The highest BCUT2D eigenvalue weighted by atomic mass is 19.1. The van der Waals surface area contributed by atoms with Crippen LogP contribution >= 0.6 is 0 Å². The average Bonchev–Trinajstić information content (AvgIpc) is 2.57. The number of nitrogens with one attached hydrogen (secondary N) is 1.